The largest absolute Gasteiger partial charge is 0.361 e. The van der Waals surface area contributed by atoms with Crippen molar-refractivity contribution in [1.29, 1.82) is 0 Å². The average molecular weight is 373 g/mol. The molecule has 0 N–H and O–H groups in total. The van der Waals surface area contributed by atoms with E-state index in [4.69, 9.17) is 4.52 Å². The molecule has 1 aliphatic carbocycles. The van der Waals surface area contributed by atoms with Crippen molar-refractivity contribution in [3.63, 3.8) is 0 Å². The van der Waals surface area contributed by atoms with E-state index in [0.29, 0.717) is 24.5 Å². The fraction of sp³-hybridized carbons (Fsp3) is 0.762. The van der Waals surface area contributed by atoms with Crippen LogP contribution in [0.5, 0.6) is 0 Å². The van der Waals surface area contributed by atoms with Gasteiger partial charge in [0.1, 0.15) is 5.76 Å². The van der Waals surface area contributed by atoms with Crippen LogP contribution in [0.4, 0.5) is 0 Å². The Hall–Kier alpha value is -1.85. The number of carbonyl (C=O) groups excluding carboxylic acids is 2. The molecule has 0 aromatic carbocycles. The lowest BCUT2D eigenvalue weighted by Gasteiger charge is -2.40. The lowest BCUT2D eigenvalue weighted by Crippen LogP contribution is -2.50. The van der Waals surface area contributed by atoms with Crippen molar-refractivity contribution in [2.75, 3.05) is 26.2 Å². The highest BCUT2D eigenvalue weighted by Crippen LogP contribution is 2.41. The fourth-order valence-electron chi connectivity index (χ4n) is 5.23. The number of aromatic nitrogens is 1. The van der Waals surface area contributed by atoms with Crippen molar-refractivity contribution in [1.82, 2.24) is 15.0 Å². The highest BCUT2D eigenvalue weighted by Gasteiger charge is 2.49. The first-order chi connectivity index (χ1) is 13.1. The monoisotopic (exact) mass is 373 g/mol. The zero-order valence-electron chi connectivity index (χ0n) is 16.4. The molecule has 1 saturated carbocycles. The fourth-order valence-corrected chi connectivity index (χ4v) is 5.23. The molecular formula is C21H31N3O3. The molecule has 1 spiro atoms. The summed E-state index contributed by atoms with van der Waals surface area (Å²) in [6.45, 7) is 4.71. The van der Waals surface area contributed by atoms with E-state index in [1.165, 1.54) is 32.1 Å². The van der Waals surface area contributed by atoms with Crippen molar-refractivity contribution in [2.45, 2.75) is 64.7 Å². The van der Waals surface area contributed by atoms with E-state index >= 15 is 0 Å². The number of piperidine rings is 1. The number of aryl methyl sites for hydroxylation is 1. The van der Waals surface area contributed by atoms with Gasteiger partial charge in [-0.25, -0.2) is 0 Å². The molecule has 1 atom stereocenters. The molecule has 0 bridgehead atoms. The van der Waals surface area contributed by atoms with Crippen LogP contribution in [0, 0.1) is 18.3 Å². The summed E-state index contributed by atoms with van der Waals surface area (Å²) in [5, 5.41) is 3.85. The normalized spacial score (nSPS) is 26.9. The van der Waals surface area contributed by atoms with E-state index in [2.05, 4.69) is 10.1 Å². The molecule has 2 amide bonds. The summed E-state index contributed by atoms with van der Waals surface area (Å²) in [5.74, 6) is 1.59. The Bertz CT molecular complexity index is 695. The van der Waals surface area contributed by atoms with Crippen molar-refractivity contribution in [3.8, 4) is 0 Å². The summed E-state index contributed by atoms with van der Waals surface area (Å²) in [4.78, 5) is 29.9. The number of amides is 2. The van der Waals surface area contributed by atoms with E-state index in [-0.39, 0.29) is 17.2 Å². The topological polar surface area (TPSA) is 66.7 Å². The number of rotatable bonds is 4. The molecule has 3 heterocycles. The summed E-state index contributed by atoms with van der Waals surface area (Å²) in [7, 11) is 0. The van der Waals surface area contributed by atoms with Gasteiger partial charge in [0.15, 0.2) is 5.69 Å². The Kier molecular flexibility index (Phi) is 5.24. The van der Waals surface area contributed by atoms with Gasteiger partial charge < -0.3 is 14.3 Å². The van der Waals surface area contributed by atoms with Crippen LogP contribution in [0.2, 0.25) is 0 Å². The molecule has 2 saturated heterocycles. The van der Waals surface area contributed by atoms with Crippen molar-refractivity contribution in [3.05, 3.63) is 17.5 Å². The summed E-state index contributed by atoms with van der Waals surface area (Å²) in [6, 6.07) is 1.67. The summed E-state index contributed by atoms with van der Waals surface area (Å²) < 4.78 is 5.04. The number of hydrogen-bond acceptors (Lipinski definition) is 4. The lowest BCUT2D eigenvalue weighted by atomic mass is 9.78. The third-order valence-electron chi connectivity index (χ3n) is 6.84. The maximum absolute atomic E-state index is 13.3. The van der Waals surface area contributed by atoms with Gasteiger partial charge in [-0.15, -0.1) is 0 Å². The van der Waals surface area contributed by atoms with Gasteiger partial charge in [0.2, 0.25) is 5.91 Å². The molecule has 3 aliphatic rings. The van der Waals surface area contributed by atoms with Gasteiger partial charge in [-0.1, -0.05) is 37.3 Å². The minimum atomic E-state index is -0.376. The molecule has 1 aromatic heterocycles. The predicted octanol–water partition coefficient (Wildman–Crippen LogP) is 3.41. The highest BCUT2D eigenvalue weighted by atomic mass is 16.5. The van der Waals surface area contributed by atoms with E-state index in [1.807, 2.05) is 0 Å². The molecule has 4 rings (SSSR count). The van der Waals surface area contributed by atoms with E-state index in [9.17, 15) is 9.59 Å². The smallest absolute Gasteiger partial charge is 0.276 e. The van der Waals surface area contributed by atoms with Gasteiger partial charge in [-0.3, -0.25) is 9.59 Å². The molecular weight excluding hydrogens is 342 g/mol. The van der Waals surface area contributed by atoms with Gasteiger partial charge in [-0.2, -0.15) is 0 Å². The zero-order chi connectivity index (χ0) is 18.9. The van der Waals surface area contributed by atoms with Gasteiger partial charge >= 0.3 is 0 Å². The number of nitrogens with zero attached hydrogens (tertiary/aromatic N) is 3. The summed E-state index contributed by atoms with van der Waals surface area (Å²) in [6.07, 6.45) is 10.6. The Labute approximate surface area is 161 Å². The summed E-state index contributed by atoms with van der Waals surface area (Å²) >= 11 is 0. The van der Waals surface area contributed by atoms with Crippen LogP contribution in [-0.4, -0.2) is 52.9 Å². The predicted molar refractivity (Wildman–Crippen MR) is 101 cm³/mol. The Morgan fingerprint density at radius 1 is 1.22 bits per heavy atom. The second-order valence-corrected chi connectivity index (χ2v) is 8.77. The molecule has 6 heteroatoms. The van der Waals surface area contributed by atoms with Gasteiger partial charge in [0, 0.05) is 32.2 Å². The average Bonchev–Trinajstić information content (AvgIpc) is 3.31. The molecule has 148 valence electrons. The Morgan fingerprint density at radius 2 is 2.04 bits per heavy atom. The molecule has 0 unspecified atom stereocenters. The van der Waals surface area contributed by atoms with Crippen LogP contribution in [0.3, 0.4) is 0 Å². The van der Waals surface area contributed by atoms with Crippen LogP contribution < -0.4 is 0 Å². The third-order valence-corrected chi connectivity index (χ3v) is 6.84. The highest BCUT2D eigenvalue weighted by molar-refractivity contribution is 5.93. The van der Waals surface area contributed by atoms with Crippen LogP contribution in [-0.2, 0) is 4.79 Å². The first kappa shape index (κ1) is 18.5. The zero-order valence-corrected chi connectivity index (χ0v) is 16.4. The first-order valence-corrected chi connectivity index (χ1v) is 10.6. The van der Waals surface area contributed by atoms with Crippen molar-refractivity contribution in [2.24, 2.45) is 11.3 Å². The molecule has 3 fully saturated rings. The Balaban J connectivity index is 1.37. The Morgan fingerprint density at radius 3 is 2.78 bits per heavy atom. The maximum atomic E-state index is 13.3. The SMILES string of the molecule is Cc1cc(C(=O)N2CC[C@]3(CCCN(CCC4CCCCC4)C3=O)C2)no1. The van der Waals surface area contributed by atoms with Gasteiger partial charge in [0.25, 0.3) is 5.91 Å². The van der Waals surface area contributed by atoms with Gasteiger partial charge in [-0.05, 0) is 38.5 Å². The van der Waals surface area contributed by atoms with Crippen LogP contribution in [0.1, 0.15) is 74.0 Å². The standard InChI is InChI=1S/C21H31N3O3/c1-16-14-18(22-27-16)19(25)24-13-10-21(15-24)9-5-11-23(20(21)26)12-8-17-6-3-2-4-7-17/h14,17H,2-13,15H2,1H3/t21-/m1/s1. The molecule has 2 aliphatic heterocycles. The van der Waals surface area contributed by atoms with E-state index < -0.39 is 0 Å². The molecule has 0 radical (unpaired) electrons. The van der Waals surface area contributed by atoms with Gasteiger partial charge in [0.05, 0.1) is 5.41 Å². The second-order valence-electron chi connectivity index (χ2n) is 8.77. The molecule has 27 heavy (non-hydrogen) atoms. The molecule has 6 nitrogen and oxygen atoms in total. The van der Waals surface area contributed by atoms with Crippen molar-refractivity contribution >= 4 is 11.8 Å². The molecule has 1 aromatic rings. The quantitative estimate of drug-likeness (QED) is 0.811. The number of likely N-dealkylation sites (tertiary alicyclic amines) is 2. The maximum Gasteiger partial charge on any atom is 0.276 e. The summed E-state index contributed by atoms with van der Waals surface area (Å²) in [5.41, 5.74) is -0.0267. The number of carbonyl (C=O) groups is 2. The van der Waals surface area contributed by atoms with Crippen LogP contribution in [0.15, 0.2) is 10.6 Å². The lowest BCUT2D eigenvalue weighted by molar-refractivity contribution is -0.145. The number of hydrogen-bond donors (Lipinski definition) is 0. The van der Waals surface area contributed by atoms with Crippen molar-refractivity contribution < 1.29 is 14.1 Å². The minimum Gasteiger partial charge on any atom is -0.361 e. The minimum absolute atomic E-state index is 0.115. The third kappa shape index (κ3) is 3.76. The van der Waals surface area contributed by atoms with Crippen LogP contribution in [0.25, 0.3) is 0 Å². The van der Waals surface area contributed by atoms with Crippen LogP contribution >= 0.6 is 0 Å². The van der Waals surface area contributed by atoms with E-state index in [0.717, 1.165) is 44.7 Å². The first-order valence-electron chi connectivity index (χ1n) is 10.6. The van der Waals surface area contributed by atoms with E-state index in [1.54, 1.807) is 17.9 Å². The second kappa shape index (κ2) is 7.64.